The van der Waals surface area contributed by atoms with Crippen molar-refractivity contribution in [3.8, 4) is 0 Å². The second kappa shape index (κ2) is 37.6. The molecule has 6 heteroatoms. The highest BCUT2D eigenvalue weighted by molar-refractivity contribution is 3.86. The molecule has 3 N–H and O–H groups in total. The molecule has 6 heavy (non-hydrogen) atoms. The van der Waals surface area contributed by atoms with E-state index in [2.05, 4.69) is 10.6 Å². The van der Waals surface area contributed by atoms with Gasteiger partial charge in [0.1, 0.15) is 0 Å². The summed E-state index contributed by atoms with van der Waals surface area (Å²) in [6, 6.07) is 0. The number of rotatable bonds is 1. The molecule has 0 saturated carbocycles. The summed E-state index contributed by atoms with van der Waals surface area (Å²) in [5.41, 5.74) is 3.25. The van der Waals surface area contributed by atoms with Crippen molar-refractivity contribution in [2.75, 3.05) is 0 Å². The number of hydrogen-bond acceptors (Lipinski definition) is 5. The molecule has 0 aliphatic heterocycles. The van der Waals surface area contributed by atoms with E-state index in [9.17, 15) is 0 Å². The summed E-state index contributed by atoms with van der Waals surface area (Å²) < 4.78 is 0. The SMILES string of the molecule is O=NOO.[NH2+]=O. The zero-order valence-corrected chi connectivity index (χ0v) is 2.70. The van der Waals surface area contributed by atoms with E-state index in [1.54, 1.807) is 5.34 Å². The molecule has 0 spiro atoms. The van der Waals surface area contributed by atoms with Gasteiger partial charge in [0.05, 0.1) is 0 Å². The van der Waals surface area contributed by atoms with Crippen LogP contribution in [-0.4, -0.2) is 5.26 Å². The Morgan fingerprint density at radius 1 is 1.67 bits per heavy atom. The first-order chi connectivity index (χ1) is 2.91. The molecular formula is H3N2O4+. The summed E-state index contributed by atoms with van der Waals surface area (Å²) in [6.07, 6.45) is 0. The maximum atomic E-state index is 8.45. The van der Waals surface area contributed by atoms with Gasteiger partial charge in [0, 0.05) is 4.91 Å². The molecule has 0 aromatic rings. The Balaban J connectivity index is 0. The number of nitroso groups, excluding NO2 is 1. The van der Waals surface area contributed by atoms with E-state index in [-0.39, 0.29) is 0 Å². The minimum atomic E-state index is 1.54. The van der Waals surface area contributed by atoms with Gasteiger partial charge >= 0.3 is 0 Å². The lowest BCUT2D eigenvalue weighted by Crippen LogP contribution is -2.18. The monoisotopic (exact) mass is 95.0 g/mol. The molecule has 0 amide bonds. The lowest BCUT2D eigenvalue weighted by Gasteiger charge is -1.59. The van der Waals surface area contributed by atoms with Crippen LogP contribution in [0.25, 0.3) is 0 Å². The van der Waals surface area contributed by atoms with Crippen LogP contribution in [0.4, 0.5) is 0 Å². The summed E-state index contributed by atoms with van der Waals surface area (Å²) in [5.74, 6) is 0. The maximum absolute atomic E-state index is 8.45. The third-order valence-electron chi connectivity index (χ3n) is 0.0333. The summed E-state index contributed by atoms with van der Waals surface area (Å²) in [5, 5.41) is 8.44. The van der Waals surface area contributed by atoms with Gasteiger partial charge < -0.3 is 0 Å². The zero-order chi connectivity index (χ0) is 5.41. The van der Waals surface area contributed by atoms with Gasteiger partial charge in [-0.05, 0) is 5.59 Å². The molecule has 0 aliphatic rings. The lowest BCUT2D eigenvalue weighted by molar-refractivity contribution is -0.245. The zero-order valence-electron chi connectivity index (χ0n) is 2.70. The molecule has 0 aliphatic carbocycles. The van der Waals surface area contributed by atoms with Crippen molar-refractivity contribution >= 4 is 0 Å². The number of nitrogens with zero attached hydrogens (tertiary/aromatic N) is 1. The quantitative estimate of drug-likeness (QED) is 0.239. The average Bonchev–Trinajstić information content (AvgIpc) is 1.72. The Morgan fingerprint density at radius 3 is 1.83 bits per heavy atom. The summed E-state index contributed by atoms with van der Waals surface area (Å²) >= 11 is 0. The Morgan fingerprint density at radius 2 is 1.83 bits per heavy atom. The Bertz CT molecular complexity index is 26.7. The first kappa shape index (κ1) is 8.88. The fourth-order valence-corrected chi connectivity index (χ4v) is 0. The van der Waals surface area contributed by atoms with Crippen molar-refractivity contribution in [2.24, 2.45) is 5.34 Å². The molecule has 0 atom stereocenters. The fourth-order valence-electron chi connectivity index (χ4n) is 0. The average molecular weight is 95.0 g/mol. The van der Waals surface area contributed by atoms with E-state index >= 15 is 0 Å². The first-order valence-electron chi connectivity index (χ1n) is 0.783. The Labute approximate surface area is 32.4 Å². The highest BCUT2D eigenvalue weighted by Crippen LogP contribution is 1.51. The molecule has 0 bridgehead atoms. The van der Waals surface area contributed by atoms with Crippen molar-refractivity contribution in [1.82, 2.24) is 0 Å². The third kappa shape index (κ3) is 7110. The van der Waals surface area contributed by atoms with Gasteiger partial charge in [-0.15, -0.1) is 4.91 Å². The largest absolute Gasteiger partial charge is 0.190 e. The highest BCUT2D eigenvalue weighted by atomic mass is 17.2. The topological polar surface area (TPSA) is 102 Å². The van der Waals surface area contributed by atoms with Crippen molar-refractivity contribution in [2.45, 2.75) is 0 Å². The predicted molar refractivity (Wildman–Crippen MR) is 14.8 cm³/mol. The minimum absolute atomic E-state index is 1.54. The molecule has 36 valence electrons. The second-order valence-electron chi connectivity index (χ2n) is 0.156. The van der Waals surface area contributed by atoms with Crippen LogP contribution in [0.5, 0.6) is 0 Å². The van der Waals surface area contributed by atoms with E-state index in [0.29, 0.717) is 0 Å². The van der Waals surface area contributed by atoms with Crippen LogP contribution in [0.15, 0.2) is 5.34 Å². The molecule has 0 aromatic heterocycles. The predicted octanol–water partition coefficient (Wildman–Crippen LogP) is -1.33. The smallest absolute Gasteiger partial charge is 0.184 e. The van der Waals surface area contributed by atoms with Gasteiger partial charge in [0.15, 0.2) is 5.34 Å². The van der Waals surface area contributed by atoms with Crippen LogP contribution in [0.2, 0.25) is 0 Å². The molecule has 0 radical (unpaired) electrons. The highest BCUT2D eigenvalue weighted by Gasteiger charge is 1.47. The molecule has 0 saturated heterocycles. The summed E-state index contributed by atoms with van der Waals surface area (Å²) in [4.78, 5) is 18.8. The standard InChI is InChI=1S/HNO3.H2NO/c2-1-4-3;1-2/h3H;1H2/q;+1. The molecule has 0 aromatic carbocycles. The maximum Gasteiger partial charge on any atom is 0.190 e. The van der Waals surface area contributed by atoms with Crippen molar-refractivity contribution < 1.29 is 15.8 Å². The number of hydrogen-bond donors (Lipinski definition) is 2. The van der Waals surface area contributed by atoms with E-state index < -0.39 is 0 Å². The molecule has 6 nitrogen and oxygen atoms in total. The van der Waals surface area contributed by atoms with Gasteiger partial charge in [-0.2, -0.15) is 10.2 Å². The Kier molecular flexibility index (Phi) is 55.7. The van der Waals surface area contributed by atoms with Crippen LogP contribution in [-0.2, 0) is 4.99 Å². The van der Waals surface area contributed by atoms with Gasteiger partial charge in [0.2, 0.25) is 0 Å². The van der Waals surface area contributed by atoms with Crippen LogP contribution >= 0.6 is 0 Å². The van der Waals surface area contributed by atoms with Gasteiger partial charge in [-0.25, -0.2) is 0 Å². The molecule has 0 heterocycles. The summed E-state index contributed by atoms with van der Waals surface area (Å²) in [7, 11) is 0. The van der Waals surface area contributed by atoms with E-state index in [4.69, 9.17) is 15.1 Å². The van der Waals surface area contributed by atoms with Crippen molar-refractivity contribution in [1.29, 1.82) is 0 Å². The van der Waals surface area contributed by atoms with Crippen molar-refractivity contribution in [3.63, 3.8) is 0 Å². The van der Waals surface area contributed by atoms with Crippen LogP contribution in [0, 0.1) is 9.81 Å². The minimum Gasteiger partial charge on any atom is -0.184 e. The molecule has 0 unspecified atom stereocenters. The van der Waals surface area contributed by atoms with E-state index in [1.807, 2.05) is 0 Å². The van der Waals surface area contributed by atoms with Crippen LogP contribution in [0.3, 0.4) is 0 Å². The number of nitrogens with two attached hydrogens (primary N) is 1. The normalized spacial score (nSPS) is 4.17. The Hall–Kier alpha value is -1.04. The van der Waals surface area contributed by atoms with Crippen LogP contribution in [0.1, 0.15) is 0 Å². The van der Waals surface area contributed by atoms with Gasteiger partial charge in [0.25, 0.3) is 0 Å². The lowest BCUT2D eigenvalue weighted by atomic mass is 13.4. The fraction of sp³-hybridized carbons (Fsp3) is 0. The van der Waals surface area contributed by atoms with Crippen LogP contribution < -0.4 is 5.59 Å². The molecule has 0 rings (SSSR count). The first-order valence-corrected chi connectivity index (χ1v) is 0.783. The van der Waals surface area contributed by atoms with Gasteiger partial charge in [-0.3, -0.25) is 0 Å². The van der Waals surface area contributed by atoms with E-state index in [0.717, 1.165) is 0 Å². The summed E-state index contributed by atoms with van der Waals surface area (Å²) in [6.45, 7) is 0. The van der Waals surface area contributed by atoms with Gasteiger partial charge in [-0.1, -0.05) is 0 Å². The third-order valence-corrected chi connectivity index (χ3v) is 0.0333. The molecular weight excluding hydrogens is 92.0 g/mol. The molecule has 0 fully saturated rings. The second-order valence-corrected chi connectivity index (χ2v) is 0.156. The van der Waals surface area contributed by atoms with E-state index in [1.165, 1.54) is 0 Å². The van der Waals surface area contributed by atoms with Crippen molar-refractivity contribution in [3.05, 3.63) is 9.81 Å².